The quantitative estimate of drug-likeness (QED) is 0.633. The first-order valence-corrected chi connectivity index (χ1v) is 3.45. The van der Waals surface area contributed by atoms with Gasteiger partial charge in [-0.3, -0.25) is 0 Å². The van der Waals surface area contributed by atoms with Gasteiger partial charge in [-0.25, -0.2) is 4.39 Å². The fraction of sp³-hybridized carbons (Fsp3) is 0.250. The molecule has 1 rings (SSSR count). The van der Waals surface area contributed by atoms with Crippen LogP contribution in [0, 0.1) is 5.82 Å². The van der Waals surface area contributed by atoms with E-state index >= 15 is 0 Å². The van der Waals surface area contributed by atoms with Crippen LogP contribution in [0.15, 0.2) is 24.3 Å². The Balaban J connectivity index is 0.000000461. The van der Waals surface area contributed by atoms with Crippen LogP contribution in [0.25, 0.3) is 0 Å². The van der Waals surface area contributed by atoms with Crippen LogP contribution >= 0.6 is 0 Å². The highest BCUT2D eigenvalue weighted by atomic mass is 19.1. The second-order valence-electron chi connectivity index (χ2n) is 1.57. The van der Waals surface area contributed by atoms with E-state index in [2.05, 4.69) is 4.84 Å². The number of hydrogen-bond acceptors (Lipinski definition) is 2. The van der Waals surface area contributed by atoms with Crippen molar-refractivity contribution >= 4 is 0 Å². The molecule has 0 saturated heterocycles. The van der Waals surface area contributed by atoms with E-state index < -0.39 is 0 Å². The second kappa shape index (κ2) is 5.68. The van der Waals surface area contributed by atoms with Gasteiger partial charge in [0.2, 0.25) is 0 Å². The van der Waals surface area contributed by atoms with Gasteiger partial charge in [0.15, 0.2) is 0 Å². The number of hydrogen-bond donors (Lipinski definition) is 1. The molecular formula is C8H12FNO. The van der Waals surface area contributed by atoms with Crippen molar-refractivity contribution < 1.29 is 9.23 Å². The predicted molar refractivity (Wildman–Crippen MR) is 42.6 cm³/mol. The fourth-order valence-corrected chi connectivity index (χ4v) is 0.513. The van der Waals surface area contributed by atoms with Gasteiger partial charge in [0, 0.05) is 0 Å². The molecule has 0 bridgehead atoms. The molecule has 0 heterocycles. The van der Waals surface area contributed by atoms with E-state index in [0.29, 0.717) is 5.75 Å². The summed E-state index contributed by atoms with van der Waals surface area (Å²) in [5.74, 6) is 4.94. The van der Waals surface area contributed by atoms with Crippen LogP contribution in [0.5, 0.6) is 5.75 Å². The van der Waals surface area contributed by atoms with Crippen molar-refractivity contribution in [2.75, 3.05) is 0 Å². The van der Waals surface area contributed by atoms with Crippen molar-refractivity contribution in [3.05, 3.63) is 30.1 Å². The van der Waals surface area contributed by atoms with Gasteiger partial charge in [0.05, 0.1) is 0 Å². The highest BCUT2D eigenvalue weighted by molar-refractivity contribution is 5.21. The first-order valence-electron chi connectivity index (χ1n) is 3.45. The van der Waals surface area contributed by atoms with Gasteiger partial charge in [-0.2, -0.15) is 5.90 Å². The van der Waals surface area contributed by atoms with E-state index in [1.54, 1.807) is 0 Å². The van der Waals surface area contributed by atoms with E-state index in [0.717, 1.165) is 0 Å². The van der Waals surface area contributed by atoms with Gasteiger partial charge in [0.1, 0.15) is 11.6 Å². The lowest BCUT2D eigenvalue weighted by Crippen LogP contribution is -2.00. The summed E-state index contributed by atoms with van der Waals surface area (Å²) in [6.07, 6.45) is 0. The standard InChI is InChI=1S/C6H6FNO.C2H6/c7-5-1-3-6(9-8)4-2-5;1-2/h1-4H,8H2;1-2H3. The van der Waals surface area contributed by atoms with Gasteiger partial charge >= 0.3 is 0 Å². The maximum absolute atomic E-state index is 12.1. The number of halogens is 1. The van der Waals surface area contributed by atoms with Gasteiger partial charge in [0.25, 0.3) is 0 Å². The van der Waals surface area contributed by atoms with Crippen LogP contribution in [0.4, 0.5) is 4.39 Å². The molecule has 2 N–H and O–H groups in total. The third-order valence-electron chi connectivity index (χ3n) is 0.950. The summed E-state index contributed by atoms with van der Waals surface area (Å²) in [5, 5.41) is 0. The van der Waals surface area contributed by atoms with E-state index in [4.69, 9.17) is 5.90 Å². The van der Waals surface area contributed by atoms with E-state index in [1.807, 2.05) is 13.8 Å². The molecule has 3 heteroatoms. The molecule has 0 atom stereocenters. The lowest BCUT2D eigenvalue weighted by Gasteiger charge is -1.94. The average Bonchev–Trinajstić information content (AvgIpc) is 2.10. The van der Waals surface area contributed by atoms with Gasteiger partial charge in [-0.15, -0.1) is 0 Å². The zero-order valence-corrected chi connectivity index (χ0v) is 6.67. The Morgan fingerprint density at radius 3 is 2.00 bits per heavy atom. The predicted octanol–water partition coefficient (Wildman–Crippen LogP) is 2.10. The summed E-state index contributed by atoms with van der Waals surface area (Å²) in [5.41, 5.74) is 0. The Morgan fingerprint density at radius 2 is 1.64 bits per heavy atom. The Labute approximate surface area is 65.7 Å². The molecule has 11 heavy (non-hydrogen) atoms. The highest BCUT2D eigenvalue weighted by Crippen LogP contribution is 2.08. The lowest BCUT2D eigenvalue weighted by atomic mass is 10.3. The van der Waals surface area contributed by atoms with E-state index in [1.165, 1.54) is 24.3 Å². The van der Waals surface area contributed by atoms with Crippen LogP contribution in [0.1, 0.15) is 13.8 Å². The topological polar surface area (TPSA) is 35.2 Å². The fourth-order valence-electron chi connectivity index (χ4n) is 0.513. The lowest BCUT2D eigenvalue weighted by molar-refractivity contribution is 0.334. The number of nitrogens with two attached hydrogens (primary N) is 1. The summed E-state index contributed by atoms with van der Waals surface area (Å²) in [6.45, 7) is 4.00. The molecule has 0 amide bonds. The monoisotopic (exact) mass is 157 g/mol. The first kappa shape index (κ1) is 9.91. The number of rotatable bonds is 1. The van der Waals surface area contributed by atoms with Crippen LogP contribution in [-0.4, -0.2) is 0 Å². The van der Waals surface area contributed by atoms with Crippen molar-refractivity contribution in [1.82, 2.24) is 0 Å². The van der Waals surface area contributed by atoms with E-state index in [9.17, 15) is 4.39 Å². The minimum absolute atomic E-state index is 0.296. The third-order valence-corrected chi connectivity index (χ3v) is 0.950. The second-order valence-corrected chi connectivity index (χ2v) is 1.57. The summed E-state index contributed by atoms with van der Waals surface area (Å²) >= 11 is 0. The van der Waals surface area contributed by atoms with E-state index in [-0.39, 0.29) is 5.82 Å². The molecule has 0 radical (unpaired) electrons. The van der Waals surface area contributed by atoms with Crippen molar-refractivity contribution in [2.24, 2.45) is 5.90 Å². The molecule has 0 aliphatic carbocycles. The van der Waals surface area contributed by atoms with Crippen LogP contribution < -0.4 is 10.7 Å². The van der Waals surface area contributed by atoms with Gasteiger partial charge in [-0.05, 0) is 24.3 Å². The molecule has 0 aromatic heterocycles. The zero-order valence-electron chi connectivity index (χ0n) is 6.67. The molecule has 0 aliphatic heterocycles. The van der Waals surface area contributed by atoms with Crippen LogP contribution in [0.3, 0.4) is 0 Å². The van der Waals surface area contributed by atoms with Crippen LogP contribution in [0.2, 0.25) is 0 Å². The summed E-state index contributed by atoms with van der Waals surface area (Å²) in [7, 11) is 0. The minimum Gasteiger partial charge on any atom is -0.412 e. The molecule has 0 saturated carbocycles. The molecule has 0 fully saturated rings. The third kappa shape index (κ3) is 3.57. The van der Waals surface area contributed by atoms with Crippen molar-refractivity contribution in [1.29, 1.82) is 0 Å². The summed E-state index contributed by atoms with van der Waals surface area (Å²) in [4.78, 5) is 4.30. The molecular weight excluding hydrogens is 145 g/mol. The van der Waals surface area contributed by atoms with Crippen molar-refractivity contribution in [3.63, 3.8) is 0 Å². The Morgan fingerprint density at radius 1 is 1.18 bits per heavy atom. The van der Waals surface area contributed by atoms with Crippen LogP contribution in [-0.2, 0) is 0 Å². The summed E-state index contributed by atoms with van der Waals surface area (Å²) in [6, 6.07) is 5.47. The minimum atomic E-state index is -0.296. The Kier molecular flexibility index (Phi) is 5.11. The number of benzene rings is 1. The Hall–Kier alpha value is -1.09. The molecule has 0 unspecified atom stereocenters. The molecule has 2 nitrogen and oxygen atoms in total. The van der Waals surface area contributed by atoms with Gasteiger partial charge < -0.3 is 4.84 Å². The maximum atomic E-state index is 12.1. The largest absolute Gasteiger partial charge is 0.412 e. The maximum Gasteiger partial charge on any atom is 0.147 e. The average molecular weight is 157 g/mol. The molecule has 1 aromatic rings. The zero-order chi connectivity index (χ0) is 8.69. The SMILES string of the molecule is CC.NOc1ccc(F)cc1. The molecule has 0 aliphatic rings. The highest BCUT2D eigenvalue weighted by Gasteiger charge is 1.89. The Bertz CT molecular complexity index is 186. The molecule has 0 spiro atoms. The molecule has 62 valence electrons. The summed E-state index contributed by atoms with van der Waals surface area (Å²) < 4.78 is 12.1. The normalized spacial score (nSPS) is 8.00. The van der Waals surface area contributed by atoms with Crippen molar-refractivity contribution in [3.8, 4) is 5.75 Å². The first-order chi connectivity index (χ1) is 5.33. The van der Waals surface area contributed by atoms with Crippen molar-refractivity contribution in [2.45, 2.75) is 13.8 Å². The smallest absolute Gasteiger partial charge is 0.147 e. The molecule has 1 aromatic carbocycles. The van der Waals surface area contributed by atoms with Gasteiger partial charge in [-0.1, -0.05) is 13.8 Å².